The van der Waals surface area contributed by atoms with Gasteiger partial charge in [-0.2, -0.15) is 4.57 Å². The zero-order valence-electron chi connectivity index (χ0n) is 22.6. The van der Waals surface area contributed by atoms with Crippen molar-refractivity contribution in [1.82, 2.24) is 19.5 Å². The molecule has 2 aliphatic heterocycles. The molecule has 0 saturated carbocycles. The van der Waals surface area contributed by atoms with E-state index in [4.69, 9.17) is 15.2 Å². The number of nitrogens with zero attached hydrogens (tertiary/aromatic N) is 5. The molecule has 3 aromatic heterocycles. The van der Waals surface area contributed by atoms with Gasteiger partial charge in [-0.15, -0.1) is 0 Å². The molecule has 0 spiro atoms. The van der Waals surface area contributed by atoms with Gasteiger partial charge in [0, 0.05) is 6.07 Å². The van der Waals surface area contributed by atoms with Crippen LogP contribution >= 0.6 is 15.6 Å². The van der Waals surface area contributed by atoms with Crippen LogP contribution in [0.15, 0.2) is 37.2 Å². The minimum atomic E-state index is -5.71. The second-order valence-electron chi connectivity index (χ2n) is 9.77. The molecule has 10 atom stereocenters. The van der Waals surface area contributed by atoms with Crippen molar-refractivity contribution < 1.29 is 76.3 Å². The molecule has 0 bridgehead atoms. The monoisotopic (exact) mass is 675 g/mol. The predicted octanol–water partition coefficient (Wildman–Crippen LogP) is -4.00. The van der Waals surface area contributed by atoms with Crippen LogP contribution in [0.3, 0.4) is 0 Å². The van der Waals surface area contributed by atoms with E-state index in [0.717, 1.165) is 17.1 Å². The Labute approximate surface area is 251 Å². The number of imidazole rings is 1. The minimum absolute atomic E-state index is 0.0304. The number of ketones is 1. The number of ether oxygens (including phenoxy) is 2. The van der Waals surface area contributed by atoms with Gasteiger partial charge in [-0.05, 0) is 6.07 Å². The summed E-state index contributed by atoms with van der Waals surface area (Å²) < 4.78 is 51.0. The lowest BCUT2D eigenvalue weighted by molar-refractivity contribution is -0.765. The van der Waals surface area contributed by atoms with Crippen molar-refractivity contribution in [2.45, 2.75) is 49.1 Å². The van der Waals surface area contributed by atoms with Crippen LogP contribution in [0.4, 0.5) is 5.82 Å². The number of phosphoric ester groups is 2. The zero-order valence-corrected chi connectivity index (χ0v) is 24.4. The fourth-order valence-electron chi connectivity index (χ4n) is 4.63. The van der Waals surface area contributed by atoms with E-state index in [1.165, 1.54) is 29.2 Å². The highest BCUT2D eigenvalue weighted by Crippen LogP contribution is 2.56. The summed E-state index contributed by atoms with van der Waals surface area (Å²) in [6.45, 7) is -2.02. The molecule has 2 aliphatic rings. The largest absolute Gasteiger partial charge is 0.756 e. The number of nitrogens with two attached hydrogens (primary N) is 1. The van der Waals surface area contributed by atoms with E-state index in [2.05, 4.69) is 28.3 Å². The molecule has 3 aromatic rings. The Morgan fingerprint density at radius 1 is 1.02 bits per heavy atom. The van der Waals surface area contributed by atoms with Crippen LogP contribution in [-0.4, -0.2) is 102 Å². The standard InChI is InChI=1S/C22H26N6O15P2/c23-19-14-20(25-8-24-19)28(9-26-14)22-18(34)16(32)13(42-22)7-40-45(37,38)43-44(35,36)39-6-12-15(31)17(33)21(41-12)27-3-1-2-10(4-27)11(30)5-29/h1-5,8-9,12-13,15-18,21-22,31-34H,6-7H2,(H3-,23,24,25,35,36,37,38)/p-1/t12-,13-,15-,16-,17-,18-,21-,22-/m1/s1. The Morgan fingerprint density at radius 2 is 1.67 bits per heavy atom. The van der Waals surface area contributed by atoms with Crippen molar-refractivity contribution in [2.75, 3.05) is 18.9 Å². The van der Waals surface area contributed by atoms with E-state index in [0.29, 0.717) is 0 Å². The van der Waals surface area contributed by atoms with Crippen LogP contribution in [0.5, 0.6) is 0 Å². The number of carbonyl (C=O) groups excluding carboxylic acids is 2. The number of hydrogen-bond acceptors (Lipinski definition) is 19. The van der Waals surface area contributed by atoms with E-state index < -0.39 is 83.7 Å². The Hall–Kier alpha value is -3.14. The number of aromatic nitrogens is 5. The number of aliphatic hydroxyl groups excluding tert-OH is 4. The maximum Gasteiger partial charge on any atom is 0.292 e. The molecule has 23 heteroatoms. The van der Waals surface area contributed by atoms with Crippen molar-refractivity contribution >= 4 is 44.7 Å². The number of carbonyl (C=O) groups is 2. The lowest BCUT2D eigenvalue weighted by atomic mass is 10.1. The molecule has 0 aliphatic carbocycles. The van der Waals surface area contributed by atoms with Crippen LogP contribution in [0.2, 0.25) is 0 Å². The minimum Gasteiger partial charge on any atom is -0.756 e. The molecule has 2 fully saturated rings. The van der Waals surface area contributed by atoms with Gasteiger partial charge in [0.15, 0.2) is 42.5 Å². The van der Waals surface area contributed by atoms with E-state index in [9.17, 15) is 48.9 Å². The quantitative estimate of drug-likeness (QED) is 0.0401. The number of phosphoric acid groups is 2. The molecule has 5 rings (SSSR count). The molecule has 0 amide bonds. The molecule has 0 radical (unpaired) electrons. The first-order valence-corrected chi connectivity index (χ1v) is 15.7. The summed E-state index contributed by atoms with van der Waals surface area (Å²) in [4.78, 5) is 58.8. The third kappa shape index (κ3) is 7.00. The number of pyridine rings is 1. The predicted molar refractivity (Wildman–Crippen MR) is 137 cm³/mol. The van der Waals surface area contributed by atoms with Crippen molar-refractivity contribution in [3.63, 3.8) is 0 Å². The molecule has 244 valence electrons. The highest BCUT2D eigenvalue weighted by atomic mass is 31.3. The average molecular weight is 675 g/mol. The number of rotatable bonds is 12. The number of aldehydes is 1. The molecule has 2 unspecified atom stereocenters. The van der Waals surface area contributed by atoms with Crippen LogP contribution < -0.4 is 20.1 Å². The second kappa shape index (κ2) is 12.9. The third-order valence-corrected chi connectivity index (χ3v) is 9.37. The second-order valence-corrected chi connectivity index (χ2v) is 12.7. The first-order chi connectivity index (χ1) is 21.2. The molecule has 2 saturated heterocycles. The normalized spacial score (nSPS) is 31.1. The summed E-state index contributed by atoms with van der Waals surface area (Å²) in [6.07, 6.45) is -7.55. The Bertz CT molecular complexity index is 1680. The molecule has 0 aromatic carbocycles. The molecule has 21 nitrogen and oxygen atoms in total. The fraction of sp³-hybridized carbons (Fsp3) is 0.455. The van der Waals surface area contributed by atoms with Gasteiger partial charge in [-0.25, -0.2) is 19.3 Å². The lowest BCUT2D eigenvalue weighted by Gasteiger charge is -2.31. The van der Waals surface area contributed by atoms with Crippen molar-refractivity contribution in [3.8, 4) is 0 Å². The van der Waals surface area contributed by atoms with Gasteiger partial charge in [-0.3, -0.25) is 23.3 Å². The van der Waals surface area contributed by atoms with E-state index in [-0.39, 0.29) is 28.8 Å². The van der Waals surface area contributed by atoms with Crippen LogP contribution in [0, 0.1) is 0 Å². The number of anilines is 1. The van der Waals surface area contributed by atoms with E-state index >= 15 is 0 Å². The van der Waals surface area contributed by atoms with Crippen LogP contribution in [0.1, 0.15) is 22.8 Å². The van der Waals surface area contributed by atoms with Gasteiger partial charge in [-0.1, -0.05) is 0 Å². The molecule has 6 N–H and O–H groups in total. The van der Waals surface area contributed by atoms with Crippen molar-refractivity contribution in [1.29, 1.82) is 0 Å². The first kappa shape index (κ1) is 33.2. The molecular weight excluding hydrogens is 650 g/mol. The number of Topliss-reactive ketones (excluding diaryl/α,β-unsaturated/α-hetero) is 1. The summed E-state index contributed by atoms with van der Waals surface area (Å²) in [5.74, 6) is -0.841. The summed E-state index contributed by atoms with van der Waals surface area (Å²) in [7, 11) is -11.4. The molecule has 5 heterocycles. The number of nitrogen functional groups attached to an aromatic ring is 1. The Kier molecular flexibility index (Phi) is 9.55. The summed E-state index contributed by atoms with van der Waals surface area (Å²) in [5.41, 5.74) is 5.98. The topological polar surface area (TPSA) is 315 Å². The zero-order chi connectivity index (χ0) is 32.7. The molecular formula is C22H25N6O15P2-. The van der Waals surface area contributed by atoms with Gasteiger partial charge in [0.25, 0.3) is 21.9 Å². The Morgan fingerprint density at radius 3 is 2.33 bits per heavy atom. The Balaban J connectivity index is 1.16. The van der Waals surface area contributed by atoms with Gasteiger partial charge in [0.2, 0.25) is 5.78 Å². The summed E-state index contributed by atoms with van der Waals surface area (Å²) in [5, 5.41) is 41.5. The van der Waals surface area contributed by atoms with Crippen molar-refractivity contribution in [2.24, 2.45) is 0 Å². The van der Waals surface area contributed by atoms with E-state index in [1.807, 2.05) is 0 Å². The summed E-state index contributed by atoms with van der Waals surface area (Å²) >= 11 is 0. The number of fused-ring (bicyclic) bond motifs is 1. The maximum absolute atomic E-state index is 12.3. The van der Waals surface area contributed by atoms with Crippen LogP contribution in [-0.2, 0) is 36.8 Å². The third-order valence-electron chi connectivity index (χ3n) is 6.84. The molecule has 45 heavy (non-hydrogen) atoms. The average Bonchev–Trinajstić information content (AvgIpc) is 3.64. The van der Waals surface area contributed by atoms with Gasteiger partial charge >= 0.3 is 0 Å². The van der Waals surface area contributed by atoms with Gasteiger partial charge in [0.1, 0.15) is 42.4 Å². The number of aliphatic hydroxyl groups is 4. The van der Waals surface area contributed by atoms with Crippen molar-refractivity contribution in [3.05, 3.63) is 42.7 Å². The lowest BCUT2D eigenvalue weighted by Crippen LogP contribution is -2.46. The highest BCUT2D eigenvalue weighted by molar-refractivity contribution is 7.59. The smallest absolute Gasteiger partial charge is 0.292 e. The van der Waals surface area contributed by atoms with Gasteiger partial charge < -0.3 is 54.5 Å². The fourth-order valence-corrected chi connectivity index (χ4v) is 6.65. The van der Waals surface area contributed by atoms with Crippen LogP contribution in [0.25, 0.3) is 11.2 Å². The highest BCUT2D eigenvalue weighted by Gasteiger charge is 2.49. The summed E-state index contributed by atoms with van der Waals surface area (Å²) in [6, 6.07) is 2.67. The first-order valence-electron chi connectivity index (χ1n) is 12.8. The number of hydrogen-bond donors (Lipinski definition) is 5. The van der Waals surface area contributed by atoms with Gasteiger partial charge in [0.05, 0.1) is 25.1 Å². The van der Waals surface area contributed by atoms with E-state index in [1.54, 1.807) is 0 Å². The maximum atomic E-state index is 12.3. The SMILES string of the molecule is Nc1ncnc2c1ncn2[C@@H]1O[C@H](COP(=O)([O-])OP(=O)([O-])OC[C@H]2O[C@@H]([n+]3cccc(C(=O)C=O)c3)[C@H](O)[C@@H]2O)[C@@H](O)[C@H]1O.